The number of ether oxygens (including phenoxy) is 2. The van der Waals surface area contributed by atoms with Gasteiger partial charge in [-0.3, -0.25) is 9.69 Å². The van der Waals surface area contributed by atoms with E-state index in [1.54, 1.807) is 44.2 Å². The van der Waals surface area contributed by atoms with Crippen molar-refractivity contribution in [3.8, 4) is 11.5 Å². The van der Waals surface area contributed by atoms with Crippen LogP contribution in [0.2, 0.25) is 5.02 Å². The van der Waals surface area contributed by atoms with Gasteiger partial charge in [-0.15, -0.1) is 0 Å². The Morgan fingerprint density at radius 3 is 2.90 bits per heavy atom. The number of hydrogen-bond donors (Lipinski definition) is 1. The molecule has 2 amide bonds. The van der Waals surface area contributed by atoms with Crippen molar-refractivity contribution >= 4 is 29.3 Å². The lowest BCUT2D eigenvalue weighted by molar-refractivity contribution is -0.120. The maximum Gasteiger partial charge on any atom is 0.407 e. The molecule has 6 nitrogen and oxygen atoms in total. The molecule has 29 heavy (non-hydrogen) atoms. The molecule has 2 aliphatic rings. The van der Waals surface area contributed by atoms with Gasteiger partial charge in [-0.1, -0.05) is 23.7 Å². The largest absolute Gasteiger partial charge is 0.452 e. The number of nitrogens with zero attached hydrogens (tertiary/aromatic N) is 1. The van der Waals surface area contributed by atoms with Crippen LogP contribution in [-0.2, 0) is 9.53 Å². The summed E-state index contributed by atoms with van der Waals surface area (Å²) in [5, 5.41) is 3.25. The predicted molar refractivity (Wildman–Crippen MR) is 106 cm³/mol. The van der Waals surface area contributed by atoms with Gasteiger partial charge >= 0.3 is 6.09 Å². The molecule has 2 aromatic rings. The molecule has 1 fully saturated rings. The maximum atomic E-state index is 14.7. The zero-order chi connectivity index (χ0) is 20.7. The first-order chi connectivity index (χ1) is 13.8. The van der Waals surface area contributed by atoms with Crippen molar-refractivity contribution in [1.29, 1.82) is 0 Å². The Morgan fingerprint density at radius 2 is 2.14 bits per heavy atom. The van der Waals surface area contributed by atoms with E-state index in [-0.39, 0.29) is 24.2 Å². The van der Waals surface area contributed by atoms with Gasteiger partial charge in [0.05, 0.1) is 23.9 Å². The molecule has 0 aromatic heterocycles. The number of nitrogens with one attached hydrogen (secondary N) is 1. The number of anilines is 1. The van der Waals surface area contributed by atoms with Crippen molar-refractivity contribution < 1.29 is 23.5 Å². The van der Waals surface area contributed by atoms with Crippen LogP contribution in [0.5, 0.6) is 11.5 Å². The fourth-order valence-corrected chi connectivity index (χ4v) is 3.99. The molecule has 1 saturated heterocycles. The summed E-state index contributed by atoms with van der Waals surface area (Å²) in [5.74, 6) is -0.356. The molecular formula is C21H20ClFN2O4. The van der Waals surface area contributed by atoms with Gasteiger partial charge in [0.25, 0.3) is 0 Å². The molecule has 0 radical (unpaired) electrons. The first-order valence-electron chi connectivity index (χ1n) is 9.40. The lowest BCUT2D eigenvalue weighted by Crippen LogP contribution is -2.52. The molecule has 0 unspecified atom stereocenters. The monoisotopic (exact) mass is 418 g/mol. The van der Waals surface area contributed by atoms with Gasteiger partial charge in [0.2, 0.25) is 5.91 Å². The quantitative estimate of drug-likeness (QED) is 0.748. The molecule has 2 heterocycles. The molecule has 0 bridgehead atoms. The molecule has 8 heteroatoms. The molecule has 2 atom stereocenters. The fourth-order valence-electron chi connectivity index (χ4n) is 3.82. The average Bonchev–Trinajstić information content (AvgIpc) is 2.79. The highest BCUT2D eigenvalue weighted by molar-refractivity contribution is 6.31. The van der Waals surface area contributed by atoms with Gasteiger partial charge in [-0.2, -0.15) is 0 Å². The van der Waals surface area contributed by atoms with Crippen LogP contribution in [0.1, 0.15) is 38.3 Å². The van der Waals surface area contributed by atoms with Crippen molar-refractivity contribution in [2.24, 2.45) is 0 Å². The van der Waals surface area contributed by atoms with Gasteiger partial charge in [-0.25, -0.2) is 9.18 Å². The molecule has 2 aliphatic heterocycles. The minimum absolute atomic E-state index is 0.0299. The standard InChI is InChI=1S/C21H20ClFN2O4/c1-11(2)28-21(27)24-15-7-9-18(26)25-16-10-12(22)6-8-17(16)29-20-13(19(15)25)4-3-5-14(20)23/h3-6,8,10-11,15,19H,7,9H2,1-2H3,(H,24,27)/t15-,19-/m1/s1. The second-order valence-corrected chi connectivity index (χ2v) is 7.76. The Labute approximate surface area is 172 Å². The number of fused-ring (bicyclic) bond motifs is 5. The van der Waals surface area contributed by atoms with Crippen molar-refractivity contribution in [2.75, 3.05) is 4.90 Å². The van der Waals surface area contributed by atoms with E-state index in [1.807, 2.05) is 0 Å². The van der Waals surface area contributed by atoms with E-state index in [0.717, 1.165) is 0 Å². The average molecular weight is 419 g/mol. The molecule has 0 aliphatic carbocycles. The van der Waals surface area contributed by atoms with Crippen LogP contribution >= 0.6 is 11.6 Å². The zero-order valence-electron chi connectivity index (χ0n) is 15.9. The number of amides is 2. The van der Waals surface area contributed by atoms with Crippen LogP contribution < -0.4 is 15.0 Å². The highest BCUT2D eigenvalue weighted by Gasteiger charge is 2.43. The van der Waals surface area contributed by atoms with E-state index >= 15 is 0 Å². The second-order valence-electron chi connectivity index (χ2n) is 7.32. The minimum Gasteiger partial charge on any atom is -0.452 e. The van der Waals surface area contributed by atoms with Crippen LogP contribution in [0.4, 0.5) is 14.9 Å². The number of alkyl carbamates (subject to hydrolysis) is 1. The van der Waals surface area contributed by atoms with Crippen LogP contribution in [0.3, 0.4) is 0 Å². The van der Waals surface area contributed by atoms with Gasteiger partial charge < -0.3 is 14.8 Å². The zero-order valence-corrected chi connectivity index (χ0v) is 16.7. The summed E-state index contributed by atoms with van der Waals surface area (Å²) in [6.45, 7) is 3.50. The van der Waals surface area contributed by atoms with Crippen LogP contribution in [0.25, 0.3) is 0 Å². The third kappa shape index (κ3) is 3.62. The van der Waals surface area contributed by atoms with Gasteiger partial charge in [0, 0.05) is 17.0 Å². The van der Waals surface area contributed by atoms with E-state index < -0.39 is 24.0 Å². The second kappa shape index (κ2) is 7.55. The summed E-state index contributed by atoms with van der Waals surface area (Å²) >= 11 is 6.17. The number of benzene rings is 2. The van der Waals surface area contributed by atoms with Gasteiger partial charge in [0.1, 0.15) is 0 Å². The third-order valence-electron chi connectivity index (χ3n) is 4.95. The Morgan fingerprint density at radius 1 is 1.34 bits per heavy atom. The summed E-state index contributed by atoms with van der Waals surface area (Å²) in [7, 11) is 0. The van der Waals surface area contributed by atoms with Crippen molar-refractivity contribution in [3.05, 3.63) is 52.8 Å². The topological polar surface area (TPSA) is 67.9 Å². The van der Waals surface area contributed by atoms with E-state index in [4.69, 9.17) is 21.1 Å². The Balaban J connectivity index is 1.85. The van der Waals surface area contributed by atoms with Crippen molar-refractivity contribution in [2.45, 2.75) is 44.9 Å². The highest BCUT2D eigenvalue weighted by atomic mass is 35.5. The van der Waals surface area contributed by atoms with E-state index in [0.29, 0.717) is 28.4 Å². The van der Waals surface area contributed by atoms with Gasteiger partial charge in [-0.05, 0) is 44.5 Å². The lowest BCUT2D eigenvalue weighted by Gasteiger charge is -2.40. The van der Waals surface area contributed by atoms with Crippen LogP contribution in [0, 0.1) is 5.82 Å². The highest BCUT2D eigenvalue weighted by Crippen LogP contribution is 2.49. The number of hydrogen-bond acceptors (Lipinski definition) is 4. The number of carbonyl (C=O) groups excluding carboxylic acids is 2. The number of piperidine rings is 1. The molecular weight excluding hydrogens is 399 g/mol. The SMILES string of the molecule is CC(C)OC(=O)N[C@@H]1CCC(=O)N2c3cc(Cl)ccc3Oc3c(F)cccc3[C@H]12. The van der Waals surface area contributed by atoms with Crippen LogP contribution in [0.15, 0.2) is 36.4 Å². The van der Waals surface area contributed by atoms with E-state index in [9.17, 15) is 14.0 Å². The van der Waals surface area contributed by atoms with Crippen molar-refractivity contribution in [3.63, 3.8) is 0 Å². The Kier molecular flexibility index (Phi) is 5.08. The molecule has 0 saturated carbocycles. The summed E-state index contributed by atoms with van der Waals surface area (Å²) in [5.41, 5.74) is 0.909. The summed E-state index contributed by atoms with van der Waals surface area (Å²) in [4.78, 5) is 26.8. The molecule has 2 aromatic carbocycles. The Hall–Kier alpha value is -2.80. The molecule has 0 spiro atoms. The first kappa shape index (κ1) is 19.5. The number of rotatable bonds is 2. The van der Waals surface area contributed by atoms with E-state index in [2.05, 4.69) is 5.32 Å². The normalized spacial score (nSPS) is 20.2. The summed E-state index contributed by atoms with van der Waals surface area (Å²) in [6, 6.07) is 8.23. The van der Waals surface area contributed by atoms with Crippen molar-refractivity contribution in [1.82, 2.24) is 5.32 Å². The Bertz CT molecular complexity index is 981. The molecule has 1 N–H and O–H groups in total. The number of para-hydroxylation sites is 1. The number of halogens is 2. The lowest BCUT2D eigenvalue weighted by atomic mass is 9.89. The molecule has 152 valence electrons. The summed E-state index contributed by atoms with van der Waals surface area (Å²) in [6.07, 6.45) is -0.287. The third-order valence-corrected chi connectivity index (χ3v) is 5.19. The summed E-state index contributed by atoms with van der Waals surface area (Å²) < 4.78 is 25.8. The smallest absolute Gasteiger partial charge is 0.407 e. The maximum absolute atomic E-state index is 14.7. The molecule has 4 rings (SSSR count). The van der Waals surface area contributed by atoms with E-state index in [1.165, 1.54) is 11.0 Å². The predicted octanol–water partition coefficient (Wildman–Crippen LogP) is 4.96. The first-order valence-corrected chi connectivity index (χ1v) is 9.78. The van der Waals surface area contributed by atoms with Crippen LogP contribution in [-0.4, -0.2) is 24.1 Å². The fraction of sp³-hybridized carbons (Fsp3) is 0.333. The van der Waals surface area contributed by atoms with Gasteiger partial charge in [0.15, 0.2) is 17.3 Å². The minimum atomic E-state index is -0.665. The number of carbonyl (C=O) groups is 2.